The number of hydrogen-bond donors (Lipinski definition) is 1. The maximum Gasteiger partial charge on any atom is 0.234 e. The van der Waals surface area contributed by atoms with E-state index in [1.807, 2.05) is 0 Å². The fourth-order valence-corrected chi connectivity index (χ4v) is 3.22. The van der Waals surface area contributed by atoms with Crippen molar-refractivity contribution in [2.75, 3.05) is 13.1 Å². The minimum absolute atomic E-state index is 0.0963. The zero-order valence-corrected chi connectivity index (χ0v) is 11.6. The maximum absolute atomic E-state index is 5.60. The van der Waals surface area contributed by atoms with Crippen LogP contribution >= 0.6 is 0 Å². The third-order valence-electron chi connectivity index (χ3n) is 4.69. The zero-order valence-electron chi connectivity index (χ0n) is 11.6. The van der Waals surface area contributed by atoms with Crippen LogP contribution in [-0.4, -0.2) is 23.2 Å². The molecule has 1 saturated heterocycles. The average molecular weight is 249 g/mol. The van der Waals surface area contributed by atoms with Crippen LogP contribution in [0.3, 0.4) is 0 Å². The van der Waals surface area contributed by atoms with Crippen LogP contribution in [0.15, 0.2) is 4.52 Å². The fourth-order valence-electron chi connectivity index (χ4n) is 3.22. The predicted molar refractivity (Wildman–Crippen MR) is 69.5 cm³/mol. The second-order valence-corrected chi connectivity index (χ2v) is 6.66. The lowest BCUT2D eigenvalue weighted by Gasteiger charge is -2.22. The molecule has 2 heterocycles. The molecule has 0 bridgehead atoms. The van der Waals surface area contributed by atoms with E-state index in [4.69, 9.17) is 9.51 Å². The Morgan fingerprint density at radius 1 is 1.44 bits per heavy atom. The van der Waals surface area contributed by atoms with E-state index in [9.17, 15) is 0 Å². The second-order valence-electron chi connectivity index (χ2n) is 6.66. The number of rotatable bonds is 4. The van der Waals surface area contributed by atoms with Crippen LogP contribution in [0.25, 0.3) is 0 Å². The highest BCUT2D eigenvalue weighted by molar-refractivity contribution is 5.17. The van der Waals surface area contributed by atoms with E-state index in [0.717, 1.165) is 44.1 Å². The highest BCUT2D eigenvalue weighted by Crippen LogP contribution is 2.57. The first-order chi connectivity index (χ1) is 8.57. The lowest BCUT2D eigenvalue weighted by Crippen LogP contribution is -2.29. The summed E-state index contributed by atoms with van der Waals surface area (Å²) in [5, 5.41) is 7.67. The molecule has 1 N–H and O–H groups in total. The van der Waals surface area contributed by atoms with Gasteiger partial charge in [-0.3, -0.25) is 0 Å². The summed E-state index contributed by atoms with van der Waals surface area (Å²) in [6.45, 7) is 8.81. The van der Waals surface area contributed by atoms with Gasteiger partial charge in [0.1, 0.15) is 0 Å². The molecule has 1 saturated carbocycles. The minimum Gasteiger partial charge on any atom is -0.339 e. The van der Waals surface area contributed by atoms with Crippen molar-refractivity contribution in [1.82, 2.24) is 15.5 Å². The number of hydrogen-bond acceptors (Lipinski definition) is 4. The molecule has 2 fully saturated rings. The Kier molecular flexibility index (Phi) is 2.73. The monoisotopic (exact) mass is 249 g/mol. The molecule has 4 nitrogen and oxygen atoms in total. The van der Waals surface area contributed by atoms with Gasteiger partial charge in [0.05, 0.1) is 5.41 Å². The van der Waals surface area contributed by atoms with Gasteiger partial charge in [-0.05, 0) is 31.2 Å². The molecule has 2 unspecified atom stereocenters. The smallest absolute Gasteiger partial charge is 0.234 e. The molecule has 1 aliphatic carbocycles. The van der Waals surface area contributed by atoms with Gasteiger partial charge in [-0.2, -0.15) is 4.98 Å². The van der Waals surface area contributed by atoms with E-state index in [1.54, 1.807) is 0 Å². The minimum atomic E-state index is 0.0963. The summed E-state index contributed by atoms with van der Waals surface area (Å²) in [5.74, 6) is 2.30. The molecule has 0 radical (unpaired) electrons. The molecule has 1 aromatic heterocycles. The lowest BCUT2D eigenvalue weighted by molar-refractivity contribution is 0.275. The standard InChI is InChI=1S/C14H23N3O/c1-4-5-14(6-7-15-9-14)12-16-11(17-18-12)10-8-13(10,2)3/h10,15H,4-9H2,1-3H3. The first-order valence-electron chi connectivity index (χ1n) is 7.12. The van der Waals surface area contributed by atoms with Gasteiger partial charge in [-0.15, -0.1) is 0 Å². The van der Waals surface area contributed by atoms with Crippen molar-refractivity contribution in [2.24, 2.45) is 5.41 Å². The van der Waals surface area contributed by atoms with Gasteiger partial charge in [0.2, 0.25) is 5.89 Å². The van der Waals surface area contributed by atoms with Crippen molar-refractivity contribution in [2.45, 2.75) is 57.8 Å². The molecule has 1 aromatic rings. The van der Waals surface area contributed by atoms with Crippen LogP contribution in [0.2, 0.25) is 0 Å². The van der Waals surface area contributed by atoms with Crippen molar-refractivity contribution in [3.05, 3.63) is 11.7 Å². The number of nitrogens with one attached hydrogen (secondary N) is 1. The van der Waals surface area contributed by atoms with Gasteiger partial charge in [0.15, 0.2) is 5.82 Å². The Bertz CT molecular complexity index is 432. The number of aromatic nitrogens is 2. The normalized spacial score (nSPS) is 33.8. The molecule has 2 aliphatic rings. The van der Waals surface area contributed by atoms with E-state index in [1.165, 1.54) is 6.42 Å². The Hall–Kier alpha value is -0.900. The molecule has 0 spiro atoms. The summed E-state index contributed by atoms with van der Waals surface area (Å²) in [4.78, 5) is 4.72. The Morgan fingerprint density at radius 3 is 2.78 bits per heavy atom. The van der Waals surface area contributed by atoms with E-state index < -0.39 is 0 Å². The average Bonchev–Trinajstić information content (AvgIpc) is 2.81. The molecule has 1 aliphatic heterocycles. The van der Waals surface area contributed by atoms with Crippen LogP contribution < -0.4 is 5.32 Å². The molecule has 4 heteroatoms. The summed E-state index contributed by atoms with van der Waals surface area (Å²) in [6.07, 6.45) is 4.60. The van der Waals surface area contributed by atoms with Gasteiger partial charge < -0.3 is 9.84 Å². The van der Waals surface area contributed by atoms with Gasteiger partial charge in [0, 0.05) is 12.5 Å². The quantitative estimate of drug-likeness (QED) is 0.891. The van der Waals surface area contributed by atoms with Gasteiger partial charge in [0.25, 0.3) is 0 Å². The molecule has 0 amide bonds. The third-order valence-corrected chi connectivity index (χ3v) is 4.69. The first kappa shape index (κ1) is 12.2. The Morgan fingerprint density at radius 2 is 2.22 bits per heavy atom. The van der Waals surface area contributed by atoms with Gasteiger partial charge in [-0.1, -0.05) is 32.3 Å². The van der Waals surface area contributed by atoms with Crippen molar-refractivity contribution in [3.8, 4) is 0 Å². The first-order valence-corrected chi connectivity index (χ1v) is 7.12. The van der Waals surface area contributed by atoms with Crippen molar-refractivity contribution < 1.29 is 4.52 Å². The molecule has 2 atom stereocenters. The second kappa shape index (κ2) is 4.05. The maximum atomic E-state index is 5.60. The number of nitrogens with zero attached hydrogens (tertiary/aromatic N) is 2. The van der Waals surface area contributed by atoms with Crippen LogP contribution in [0.4, 0.5) is 0 Å². The molecule has 18 heavy (non-hydrogen) atoms. The van der Waals surface area contributed by atoms with E-state index >= 15 is 0 Å². The lowest BCUT2D eigenvalue weighted by atomic mass is 9.82. The summed E-state index contributed by atoms with van der Waals surface area (Å²) >= 11 is 0. The van der Waals surface area contributed by atoms with E-state index in [2.05, 4.69) is 31.2 Å². The highest BCUT2D eigenvalue weighted by Gasteiger charge is 2.50. The largest absolute Gasteiger partial charge is 0.339 e. The fraction of sp³-hybridized carbons (Fsp3) is 0.857. The predicted octanol–water partition coefficient (Wildman–Crippen LogP) is 2.61. The van der Waals surface area contributed by atoms with Crippen molar-refractivity contribution in [3.63, 3.8) is 0 Å². The summed E-state index contributed by atoms with van der Waals surface area (Å²) in [7, 11) is 0. The van der Waals surface area contributed by atoms with E-state index in [-0.39, 0.29) is 5.41 Å². The van der Waals surface area contributed by atoms with E-state index in [0.29, 0.717) is 11.3 Å². The van der Waals surface area contributed by atoms with Crippen LogP contribution in [0.1, 0.15) is 64.1 Å². The summed E-state index contributed by atoms with van der Waals surface area (Å²) < 4.78 is 5.60. The molecule has 100 valence electrons. The SMILES string of the molecule is CCCC1(c2nc(C3CC3(C)C)no2)CCNC1. The van der Waals surface area contributed by atoms with Gasteiger partial charge in [-0.25, -0.2) is 0 Å². The molecular weight excluding hydrogens is 226 g/mol. The highest BCUT2D eigenvalue weighted by atomic mass is 16.5. The Labute approximate surface area is 109 Å². The summed E-state index contributed by atoms with van der Waals surface area (Å²) in [5.41, 5.74) is 0.464. The van der Waals surface area contributed by atoms with Crippen molar-refractivity contribution >= 4 is 0 Å². The van der Waals surface area contributed by atoms with Crippen LogP contribution in [0, 0.1) is 5.41 Å². The van der Waals surface area contributed by atoms with Gasteiger partial charge >= 0.3 is 0 Å². The molecular formula is C14H23N3O. The Balaban J connectivity index is 1.83. The van der Waals surface area contributed by atoms with Crippen LogP contribution in [-0.2, 0) is 5.41 Å². The van der Waals surface area contributed by atoms with Crippen LogP contribution in [0.5, 0.6) is 0 Å². The molecule has 3 rings (SSSR count). The molecule has 0 aromatic carbocycles. The topological polar surface area (TPSA) is 51.0 Å². The summed E-state index contributed by atoms with van der Waals surface area (Å²) in [6, 6.07) is 0. The zero-order chi connectivity index (χ0) is 12.8. The van der Waals surface area contributed by atoms with Crippen molar-refractivity contribution in [1.29, 1.82) is 0 Å². The third kappa shape index (κ3) is 1.87.